The summed E-state index contributed by atoms with van der Waals surface area (Å²) in [4.78, 5) is 2.38. The zero-order valence-corrected chi connectivity index (χ0v) is 7.92. The predicted molar refractivity (Wildman–Crippen MR) is 49.4 cm³/mol. The maximum absolute atomic E-state index is 5.15. The molecule has 0 spiro atoms. The standard InChI is InChI=1S/C9H15N3O/c1-8-6-11-13-9(8)7-12-4-2-10-3-5-12/h6,10H,2-5,7H2,1H3. The van der Waals surface area contributed by atoms with Gasteiger partial charge in [-0.2, -0.15) is 0 Å². The zero-order chi connectivity index (χ0) is 9.10. The van der Waals surface area contributed by atoms with Crippen molar-refractivity contribution >= 4 is 0 Å². The first-order valence-electron chi connectivity index (χ1n) is 4.69. The molecule has 1 saturated heterocycles. The molecule has 0 radical (unpaired) electrons. The molecule has 1 N–H and O–H groups in total. The Morgan fingerprint density at radius 3 is 2.92 bits per heavy atom. The van der Waals surface area contributed by atoms with Crippen molar-refractivity contribution in [3.05, 3.63) is 17.5 Å². The second-order valence-corrected chi connectivity index (χ2v) is 3.46. The van der Waals surface area contributed by atoms with Crippen LogP contribution in [-0.4, -0.2) is 36.2 Å². The van der Waals surface area contributed by atoms with Crippen LogP contribution < -0.4 is 5.32 Å². The summed E-state index contributed by atoms with van der Waals surface area (Å²) in [6.45, 7) is 7.28. The number of hydrogen-bond acceptors (Lipinski definition) is 4. The zero-order valence-electron chi connectivity index (χ0n) is 7.92. The van der Waals surface area contributed by atoms with Crippen LogP contribution in [0.1, 0.15) is 11.3 Å². The molecule has 0 amide bonds. The lowest BCUT2D eigenvalue weighted by Gasteiger charge is -2.26. The molecule has 0 bridgehead atoms. The lowest BCUT2D eigenvalue weighted by molar-refractivity contribution is 0.206. The molecule has 4 nitrogen and oxygen atoms in total. The van der Waals surface area contributed by atoms with E-state index >= 15 is 0 Å². The molecule has 1 aliphatic rings. The van der Waals surface area contributed by atoms with Crippen LogP contribution in [-0.2, 0) is 6.54 Å². The van der Waals surface area contributed by atoms with Crippen LogP contribution >= 0.6 is 0 Å². The summed E-state index contributed by atoms with van der Waals surface area (Å²) < 4.78 is 5.15. The highest BCUT2D eigenvalue weighted by atomic mass is 16.5. The maximum atomic E-state index is 5.15. The highest BCUT2D eigenvalue weighted by Gasteiger charge is 2.13. The Kier molecular flexibility index (Phi) is 2.61. The van der Waals surface area contributed by atoms with Gasteiger partial charge < -0.3 is 9.84 Å². The molecule has 4 heteroatoms. The largest absolute Gasteiger partial charge is 0.360 e. The molecule has 1 aromatic rings. The van der Waals surface area contributed by atoms with Crippen molar-refractivity contribution in [3.8, 4) is 0 Å². The van der Waals surface area contributed by atoms with E-state index in [2.05, 4.69) is 15.4 Å². The third-order valence-corrected chi connectivity index (χ3v) is 2.43. The van der Waals surface area contributed by atoms with E-state index in [-0.39, 0.29) is 0 Å². The molecule has 72 valence electrons. The Morgan fingerprint density at radius 2 is 2.31 bits per heavy atom. The molecular weight excluding hydrogens is 166 g/mol. The average Bonchev–Trinajstić information content (AvgIpc) is 2.54. The number of nitrogens with one attached hydrogen (secondary N) is 1. The molecule has 2 heterocycles. The normalized spacial score (nSPS) is 19.2. The summed E-state index contributed by atoms with van der Waals surface area (Å²) in [6.07, 6.45) is 1.78. The summed E-state index contributed by atoms with van der Waals surface area (Å²) in [5.41, 5.74) is 1.15. The van der Waals surface area contributed by atoms with Crippen molar-refractivity contribution in [1.29, 1.82) is 0 Å². The van der Waals surface area contributed by atoms with Gasteiger partial charge in [0.05, 0.1) is 12.7 Å². The first kappa shape index (κ1) is 8.72. The van der Waals surface area contributed by atoms with E-state index < -0.39 is 0 Å². The van der Waals surface area contributed by atoms with Crippen molar-refractivity contribution in [1.82, 2.24) is 15.4 Å². The minimum absolute atomic E-state index is 0.896. The molecular formula is C9H15N3O. The van der Waals surface area contributed by atoms with Gasteiger partial charge in [0.25, 0.3) is 0 Å². The summed E-state index contributed by atoms with van der Waals surface area (Å²) in [6, 6.07) is 0. The summed E-state index contributed by atoms with van der Waals surface area (Å²) >= 11 is 0. The van der Waals surface area contributed by atoms with Gasteiger partial charge >= 0.3 is 0 Å². The third-order valence-electron chi connectivity index (χ3n) is 2.43. The van der Waals surface area contributed by atoms with Crippen molar-refractivity contribution in [2.24, 2.45) is 0 Å². The fourth-order valence-electron chi connectivity index (χ4n) is 1.54. The number of aromatic nitrogens is 1. The minimum atomic E-state index is 0.896. The summed E-state index contributed by atoms with van der Waals surface area (Å²) in [5, 5.41) is 7.09. The number of aryl methyl sites for hydroxylation is 1. The molecule has 0 unspecified atom stereocenters. The molecule has 2 rings (SSSR count). The van der Waals surface area contributed by atoms with E-state index in [1.54, 1.807) is 6.20 Å². The molecule has 0 atom stereocenters. The van der Waals surface area contributed by atoms with Crippen molar-refractivity contribution in [2.45, 2.75) is 13.5 Å². The van der Waals surface area contributed by atoms with E-state index in [1.165, 1.54) is 0 Å². The Morgan fingerprint density at radius 1 is 1.54 bits per heavy atom. The molecule has 13 heavy (non-hydrogen) atoms. The molecule has 1 aliphatic heterocycles. The van der Waals surface area contributed by atoms with E-state index in [1.807, 2.05) is 6.92 Å². The van der Waals surface area contributed by atoms with Crippen LogP contribution in [0.4, 0.5) is 0 Å². The van der Waals surface area contributed by atoms with Gasteiger partial charge in [-0.3, -0.25) is 4.90 Å². The Labute approximate surface area is 77.9 Å². The Bertz CT molecular complexity index is 266. The summed E-state index contributed by atoms with van der Waals surface area (Å²) in [5.74, 6) is 1.00. The van der Waals surface area contributed by atoms with E-state index in [9.17, 15) is 0 Å². The number of piperazine rings is 1. The van der Waals surface area contributed by atoms with Crippen LogP contribution in [0.3, 0.4) is 0 Å². The first-order chi connectivity index (χ1) is 6.36. The van der Waals surface area contributed by atoms with Crippen molar-refractivity contribution in [2.75, 3.05) is 26.2 Å². The number of rotatable bonds is 2. The lowest BCUT2D eigenvalue weighted by Crippen LogP contribution is -2.42. The van der Waals surface area contributed by atoms with Gasteiger partial charge in [-0.1, -0.05) is 5.16 Å². The van der Waals surface area contributed by atoms with Gasteiger partial charge in [0.1, 0.15) is 0 Å². The first-order valence-corrected chi connectivity index (χ1v) is 4.69. The topological polar surface area (TPSA) is 41.3 Å². The maximum Gasteiger partial charge on any atom is 0.153 e. The van der Waals surface area contributed by atoms with Gasteiger partial charge in [-0.05, 0) is 6.92 Å². The highest BCUT2D eigenvalue weighted by Crippen LogP contribution is 2.09. The van der Waals surface area contributed by atoms with Gasteiger partial charge in [0, 0.05) is 31.7 Å². The van der Waals surface area contributed by atoms with Gasteiger partial charge in [0.2, 0.25) is 0 Å². The number of hydrogen-bond donors (Lipinski definition) is 1. The lowest BCUT2D eigenvalue weighted by atomic mass is 10.2. The molecule has 1 fully saturated rings. The van der Waals surface area contributed by atoms with Crippen LogP contribution in [0.25, 0.3) is 0 Å². The average molecular weight is 181 g/mol. The van der Waals surface area contributed by atoms with E-state index in [0.29, 0.717) is 0 Å². The fourth-order valence-corrected chi connectivity index (χ4v) is 1.54. The number of nitrogens with zero attached hydrogens (tertiary/aromatic N) is 2. The highest BCUT2D eigenvalue weighted by molar-refractivity contribution is 5.10. The quantitative estimate of drug-likeness (QED) is 0.716. The van der Waals surface area contributed by atoms with Crippen LogP contribution in [0.15, 0.2) is 10.7 Å². The van der Waals surface area contributed by atoms with Gasteiger partial charge in [-0.25, -0.2) is 0 Å². The smallest absolute Gasteiger partial charge is 0.153 e. The van der Waals surface area contributed by atoms with Gasteiger partial charge in [-0.15, -0.1) is 0 Å². The van der Waals surface area contributed by atoms with E-state index in [4.69, 9.17) is 4.52 Å². The van der Waals surface area contributed by atoms with Crippen LogP contribution in [0.5, 0.6) is 0 Å². The second kappa shape index (κ2) is 3.89. The van der Waals surface area contributed by atoms with Gasteiger partial charge in [0.15, 0.2) is 5.76 Å². The van der Waals surface area contributed by atoms with Crippen LogP contribution in [0.2, 0.25) is 0 Å². The Balaban J connectivity index is 1.93. The molecule has 0 saturated carbocycles. The second-order valence-electron chi connectivity index (χ2n) is 3.46. The Hall–Kier alpha value is -0.870. The van der Waals surface area contributed by atoms with Crippen molar-refractivity contribution < 1.29 is 4.52 Å². The summed E-state index contributed by atoms with van der Waals surface area (Å²) in [7, 11) is 0. The third kappa shape index (κ3) is 2.08. The predicted octanol–water partition coefficient (Wildman–Crippen LogP) is 0.388. The van der Waals surface area contributed by atoms with E-state index in [0.717, 1.165) is 44.0 Å². The monoisotopic (exact) mass is 181 g/mol. The molecule has 0 aromatic carbocycles. The van der Waals surface area contributed by atoms with Crippen LogP contribution in [0, 0.1) is 6.92 Å². The molecule has 1 aromatic heterocycles. The SMILES string of the molecule is Cc1cnoc1CN1CCNCC1. The minimum Gasteiger partial charge on any atom is -0.360 e. The fraction of sp³-hybridized carbons (Fsp3) is 0.667. The molecule has 0 aliphatic carbocycles. The van der Waals surface area contributed by atoms with Crippen molar-refractivity contribution in [3.63, 3.8) is 0 Å².